The van der Waals surface area contributed by atoms with Gasteiger partial charge in [-0.2, -0.15) is 0 Å². The molecule has 0 aromatic heterocycles. The van der Waals surface area contributed by atoms with Gasteiger partial charge in [-0.3, -0.25) is 5.32 Å². The van der Waals surface area contributed by atoms with E-state index in [9.17, 15) is 14.7 Å². The summed E-state index contributed by atoms with van der Waals surface area (Å²) in [6.45, 7) is 2.56. The van der Waals surface area contributed by atoms with Crippen molar-refractivity contribution in [2.24, 2.45) is 0 Å². The summed E-state index contributed by atoms with van der Waals surface area (Å²) >= 11 is 0. The van der Waals surface area contributed by atoms with Crippen molar-refractivity contribution >= 4 is 17.7 Å². The van der Waals surface area contributed by atoms with E-state index in [0.717, 1.165) is 19.3 Å². The molecule has 0 radical (unpaired) electrons. The lowest BCUT2D eigenvalue weighted by molar-refractivity contribution is 0.0695. The van der Waals surface area contributed by atoms with Crippen LogP contribution in [-0.4, -0.2) is 28.9 Å². The van der Waals surface area contributed by atoms with Crippen LogP contribution in [0.5, 0.6) is 5.75 Å². The molecule has 32 heavy (non-hydrogen) atoms. The number of aromatic hydroxyl groups is 1. The number of ether oxygens (including phenoxy) is 1. The molecule has 6 nitrogen and oxygen atoms in total. The summed E-state index contributed by atoms with van der Waals surface area (Å²) < 4.78 is 5.12. The van der Waals surface area contributed by atoms with Gasteiger partial charge in [0.05, 0.1) is 12.3 Å². The standard InChI is InChI=1S/C26H43NO5/c1-2-3-4-5-6-7-8-9-10-11-12-13-14-15-16-17-21-32-26(31)27-22-19-18-20-23(28)24(22)25(29)30/h18-20,28H,2-17,21H2,1H3,(H,27,31)(H,29,30). The van der Waals surface area contributed by atoms with Gasteiger partial charge in [0, 0.05) is 0 Å². The number of phenols is 1. The zero-order valence-corrected chi connectivity index (χ0v) is 19.9. The molecule has 6 heteroatoms. The lowest BCUT2D eigenvalue weighted by Crippen LogP contribution is -2.16. The number of nitrogens with one attached hydrogen (secondary N) is 1. The molecular formula is C26H43NO5. The molecule has 0 aliphatic rings. The molecule has 0 atom stereocenters. The normalized spacial score (nSPS) is 10.8. The molecule has 182 valence electrons. The number of anilines is 1. The number of hydrogen-bond acceptors (Lipinski definition) is 4. The van der Waals surface area contributed by atoms with Crippen molar-refractivity contribution in [1.29, 1.82) is 0 Å². The van der Waals surface area contributed by atoms with Crippen LogP contribution in [0.15, 0.2) is 18.2 Å². The Kier molecular flexibility index (Phi) is 15.9. The van der Waals surface area contributed by atoms with Crippen molar-refractivity contribution in [2.45, 2.75) is 110 Å². The summed E-state index contributed by atoms with van der Waals surface area (Å²) in [4.78, 5) is 23.0. The molecule has 0 spiro atoms. The molecule has 0 aliphatic heterocycles. The molecule has 1 rings (SSSR count). The largest absolute Gasteiger partial charge is 0.507 e. The average Bonchev–Trinajstić information content (AvgIpc) is 2.75. The fourth-order valence-corrected chi connectivity index (χ4v) is 3.83. The van der Waals surface area contributed by atoms with E-state index in [1.54, 1.807) is 0 Å². The van der Waals surface area contributed by atoms with Crippen LogP contribution in [0.25, 0.3) is 0 Å². The number of carbonyl (C=O) groups excluding carboxylic acids is 1. The van der Waals surface area contributed by atoms with Crippen molar-refractivity contribution in [3.63, 3.8) is 0 Å². The second kappa shape index (κ2) is 18.3. The number of carboxylic acids is 1. The number of rotatable bonds is 19. The van der Waals surface area contributed by atoms with Crippen LogP contribution in [0.1, 0.15) is 120 Å². The van der Waals surface area contributed by atoms with Gasteiger partial charge in [0.25, 0.3) is 0 Å². The minimum Gasteiger partial charge on any atom is -0.507 e. The summed E-state index contributed by atoms with van der Waals surface area (Å²) in [6.07, 6.45) is 19.8. The monoisotopic (exact) mass is 449 g/mol. The summed E-state index contributed by atoms with van der Waals surface area (Å²) in [5.74, 6) is -1.70. The van der Waals surface area contributed by atoms with E-state index in [1.165, 1.54) is 102 Å². The number of benzene rings is 1. The van der Waals surface area contributed by atoms with Gasteiger partial charge in [-0.15, -0.1) is 0 Å². The zero-order chi connectivity index (χ0) is 23.4. The smallest absolute Gasteiger partial charge is 0.411 e. The first-order valence-electron chi connectivity index (χ1n) is 12.5. The van der Waals surface area contributed by atoms with Gasteiger partial charge in [0.15, 0.2) is 0 Å². The first-order valence-corrected chi connectivity index (χ1v) is 12.5. The molecule has 0 saturated heterocycles. The third kappa shape index (κ3) is 13.2. The molecule has 1 aromatic rings. The Labute approximate surface area is 193 Å². The molecule has 0 saturated carbocycles. The summed E-state index contributed by atoms with van der Waals surface area (Å²) in [6, 6.07) is 4.14. The van der Waals surface area contributed by atoms with Crippen molar-refractivity contribution < 1.29 is 24.5 Å². The molecule has 0 bridgehead atoms. The van der Waals surface area contributed by atoms with E-state index in [0.29, 0.717) is 6.61 Å². The lowest BCUT2D eigenvalue weighted by atomic mass is 10.0. The molecule has 0 fully saturated rings. The lowest BCUT2D eigenvalue weighted by Gasteiger charge is -2.10. The second-order valence-electron chi connectivity index (χ2n) is 8.57. The van der Waals surface area contributed by atoms with Crippen LogP contribution < -0.4 is 5.32 Å². The van der Waals surface area contributed by atoms with Gasteiger partial charge < -0.3 is 14.9 Å². The average molecular weight is 450 g/mol. The number of carbonyl (C=O) groups is 2. The Balaban J connectivity index is 1.93. The Morgan fingerprint density at radius 1 is 0.781 bits per heavy atom. The van der Waals surface area contributed by atoms with Gasteiger partial charge in [-0.25, -0.2) is 9.59 Å². The fourth-order valence-electron chi connectivity index (χ4n) is 3.83. The van der Waals surface area contributed by atoms with Gasteiger partial charge in [0.2, 0.25) is 0 Å². The highest BCUT2D eigenvalue weighted by molar-refractivity contribution is 6.01. The van der Waals surface area contributed by atoms with Crippen LogP contribution in [0.2, 0.25) is 0 Å². The number of amides is 1. The highest BCUT2D eigenvalue weighted by Crippen LogP contribution is 2.25. The van der Waals surface area contributed by atoms with Crippen LogP contribution >= 0.6 is 0 Å². The Morgan fingerprint density at radius 3 is 1.72 bits per heavy atom. The Bertz CT molecular complexity index is 647. The molecule has 0 unspecified atom stereocenters. The minimum atomic E-state index is -1.31. The number of hydrogen-bond donors (Lipinski definition) is 3. The Morgan fingerprint density at radius 2 is 1.25 bits per heavy atom. The van der Waals surface area contributed by atoms with Crippen molar-refractivity contribution in [3.05, 3.63) is 23.8 Å². The summed E-state index contributed by atoms with van der Waals surface area (Å²) in [5, 5.41) is 21.2. The number of carboxylic acid groups (broad SMARTS) is 1. The maximum Gasteiger partial charge on any atom is 0.411 e. The Hall–Kier alpha value is -2.24. The van der Waals surface area contributed by atoms with Gasteiger partial charge >= 0.3 is 12.1 Å². The maximum absolute atomic E-state index is 11.9. The second-order valence-corrected chi connectivity index (χ2v) is 8.57. The molecule has 3 N–H and O–H groups in total. The molecule has 1 aromatic carbocycles. The molecular weight excluding hydrogens is 406 g/mol. The topological polar surface area (TPSA) is 95.9 Å². The number of aromatic carboxylic acids is 1. The van der Waals surface area contributed by atoms with Crippen molar-refractivity contribution in [2.75, 3.05) is 11.9 Å². The van der Waals surface area contributed by atoms with E-state index in [2.05, 4.69) is 12.2 Å². The third-order valence-corrected chi connectivity index (χ3v) is 5.72. The SMILES string of the molecule is CCCCCCCCCCCCCCCCCCOC(=O)Nc1cccc(O)c1C(=O)O. The van der Waals surface area contributed by atoms with E-state index < -0.39 is 17.8 Å². The van der Waals surface area contributed by atoms with Gasteiger partial charge in [0.1, 0.15) is 11.3 Å². The predicted molar refractivity (Wildman–Crippen MR) is 130 cm³/mol. The quantitative estimate of drug-likeness (QED) is 0.187. The molecule has 1 amide bonds. The first kappa shape index (κ1) is 27.8. The molecule has 0 heterocycles. The summed E-state index contributed by atoms with van der Waals surface area (Å²) in [5.41, 5.74) is -0.318. The highest BCUT2D eigenvalue weighted by Gasteiger charge is 2.17. The maximum atomic E-state index is 11.9. The van der Waals surface area contributed by atoms with E-state index >= 15 is 0 Å². The van der Waals surface area contributed by atoms with Gasteiger partial charge in [-0.1, -0.05) is 109 Å². The third-order valence-electron chi connectivity index (χ3n) is 5.72. The number of unbranched alkanes of at least 4 members (excludes halogenated alkanes) is 15. The van der Waals surface area contributed by atoms with Crippen LogP contribution in [0, 0.1) is 0 Å². The van der Waals surface area contributed by atoms with Crippen LogP contribution in [0.4, 0.5) is 10.5 Å². The van der Waals surface area contributed by atoms with E-state index in [4.69, 9.17) is 9.84 Å². The van der Waals surface area contributed by atoms with Crippen molar-refractivity contribution in [3.8, 4) is 5.75 Å². The minimum absolute atomic E-state index is 0.0227. The van der Waals surface area contributed by atoms with Crippen LogP contribution in [-0.2, 0) is 4.74 Å². The summed E-state index contributed by atoms with van der Waals surface area (Å²) in [7, 11) is 0. The van der Waals surface area contributed by atoms with Gasteiger partial charge in [-0.05, 0) is 18.6 Å². The fraction of sp³-hybridized carbons (Fsp3) is 0.692. The van der Waals surface area contributed by atoms with E-state index in [1.807, 2.05) is 0 Å². The van der Waals surface area contributed by atoms with Crippen molar-refractivity contribution in [1.82, 2.24) is 0 Å². The van der Waals surface area contributed by atoms with Crippen LogP contribution in [0.3, 0.4) is 0 Å². The highest BCUT2D eigenvalue weighted by atomic mass is 16.5. The molecule has 0 aliphatic carbocycles. The van der Waals surface area contributed by atoms with E-state index in [-0.39, 0.29) is 11.3 Å². The zero-order valence-electron chi connectivity index (χ0n) is 19.9. The first-order chi connectivity index (χ1) is 15.6. The predicted octanol–water partition coefficient (Wildman–Crippen LogP) is 7.90.